The van der Waals surface area contributed by atoms with E-state index in [9.17, 15) is 4.39 Å². The van der Waals surface area contributed by atoms with E-state index in [2.05, 4.69) is 27.8 Å². The number of aryl methyl sites for hydroxylation is 1. The molecule has 0 atom stereocenters. The number of halogens is 2. The van der Waals surface area contributed by atoms with Crippen LogP contribution in [0.15, 0.2) is 29.3 Å². The molecule has 0 saturated carbocycles. The first-order valence-electron chi connectivity index (χ1n) is 3.93. The summed E-state index contributed by atoms with van der Waals surface area (Å²) in [7, 11) is 0. The van der Waals surface area contributed by atoms with E-state index in [1.54, 1.807) is 6.07 Å². The highest BCUT2D eigenvalue weighted by Crippen LogP contribution is 2.16. The molecule has 0 unspecified atom stereocenters. The monoisotopic (exact) mass is 243 g/mol. The molecular formula is C10H11BrFN. The third kappa shape index (κ3) is 3.19. The van der Waals surface area contributed by atoms with Crippen LogP contribution in [0.25, 0.3) is 0 Å². The Morgan fingerprint density at radius 3 is 2.92 bits per heavy atom. The molecule has 0 heterocycles. The molecule has 0 aliphatic heterocycles. The third-order valence-electron chi connectivity index (χ3n) is 1.67. The minimum absolute atomic E-state index is 0.228. The molecule has 1 rings (SSSR count). The van der Waals surface area contributed by atoms with Gasteiger partial charge in [0.15, 0.2) is 0 Å². The van der Waals surface area contributed by atoms with Crippen molar-refractivity contribution in [3.63, 3.8) is 0 Å². The van der Waals surface area contributed by atoms with E-state index in [1.165, 1.54) is 12.1 Å². The maximum atomic E-state index is 12.8. The van der Waals surface area contributed by atoms with Crippen molar-refractivity contribution in [2.24, 2.45) is 0 Å². The quantitative estimate of drug-likeness (QED) is 0.858. The molecule has 0 bridgehead atoms. The topological polar surface area (TPSA) is 12.0 Å². The Morgan fingerprint density at radius 2 is 2.31 bits per heavy atom. The Kier molecular flexibility index (Phi) is 3.48. The summed E-state index contributed by atoms with van der Waals surface area (Å²) in [5, 5.41) is 3.07. The highest BCUT2D eigenvalue weighted by atomic mass is 79.9. The molecule has 1 nitrogen and oxygen atoms in total. The molecule has 0 aliphatic rings. The number of nitrogens with one attached hydrogen (secondary N) is 1. The van der Waals surface area contributed by atoms with Crippen molar-refractivity contribution in [1.82, 2.24) is 0 Å². The third-order valence-corrected chi connectivity index (χ3v) is 1.95. The first kappa shape index (κ1) is 10.3. The molecule has 13 heavy (non-hydrogen) atoms. The summed E-state index contributed by atoms with van der Waals surface area (Å²) < 4.78 is 13.6. The molecule has 1 N–H and O–H groups in total. The second-order valence-corrected chi connectivity index (χ2v) is 3.95. The summed E-state index contributed by atoms with van der Waals surface area (Å²) in [4.78, 5) is 0. The number of benzene rings is 1. The van der Waals surface area contributed by atoms with Gasteiger partial charge in [-0.25, -0.2) is 4.39 Å². The van der Waals surface area contributed by atoms with Crippen molar-refractivity contribution in [2.75, 3.05) is 11.9 Å². The summed E-state index contributed by atoms with van der Waals surface area (Å²) >= 11 is 3.22. The van der Waals surface area contributed by atoms with Gasteiger partial charge in [0.05, 0.1) is 0 Å². The highest BCUT2D eigenvalue weighted by Gasteiger charge is 1.99. The lowest BCUT2D eigenvalue weighted by atomic mass is 10.2. The van der Waals surface area contributed by atoms with E-state index < -0.39 is 0 Å². The Hall–Kier alpha value is -0.830. The average Bonchev–Trinajstić information content (AvgIpc) is 2.06. The zero-order valence-corrected chi connectivity index (χ0v) is 8.99. The van der Waals surface area contributed by atoms with E-state index in [0.29, 0.717) is 6.54 Å². The molecule has 0 amide bonds. The van der Waals surface area contributed by atoms with Crippen molar-refractivity contribution < 1.29 is 4.39 Å². The van der Waals surface area contributed by atoms with Crippen LogP contribution < -0.4 is 5.32 Å². The minimum atomic E-state index is -0.228. The van der Waals surface area contributed by atoms with E-state index in [-0.39, 0.29) is 5.82 Å². The summed E-state index contributed by atoms with van der Waals surface area (Å²) in [5.74, 6) is -0.228. The number of anilines is 1. The van der Waals surface area contributed by atoms with E-state index >= 15 is 0 Å². The lowest BCUT2D eigenvalue weighted by Gasteiger charge is -2.08. The van der Waals surface area contributed by atoms with Crippen LogP contribution in [0.1, 0.15) is 5.56 Å². The zero-order valence-electron chi connectivity index (χ0n) is 7.40. The largest absolute Gasteiger partial charge is 0.380 e. The van der Waals surface area contributed by atoms with Crippen LogP contribution in [0.4, 0.5) is 10.1 Å². The highest BCUT2D eigenvalue weighted by molar-refractivity contribution is 9.11. The molecule has 0 saturated heterocycles. The molecule has 3 heteroatoms. The maximum absolute atomic E-state index is 12.8. The lowest BCUT2D eigenvalue weighted by Crippen LogP contribution is -2.02. The molecule has 1 aromatic carbocycles. The second kappa shape index (κ2) is 4.42. The number of rotatable bonds is 3. The van der Waals surface area contributed by atoms with Crippen molar-refractivity contribution in [3.05, 3.63) is 40.6 Å². The van der Waals surface area contributed by atoms with Crippen LogP contribution in [-0.4, -0.2) is 6.54 Å². The SMILES string of the molecule is C=C(Br)CNc1cc(F)ccc1C. The van der Waals surface area contributed by atoms with Crippen molar-refractivity contribution in [3.8, 4) is 0 Å². The Labute approximate surface area is 85.8 Å². The summed E-state index contributed by atoms with van der Waals surface area (Å²) in [6, 6.07) is 4.67. The van der Waals surface area contributed by atoms with Gasteiger partial charge in [-0.3, -0.25) is 0 Å². The molecule has 0 fully saturated rings. The van der Waals surface area contributed by atoms with Crippen LogP contribution in [0.5, 0.6) is 0 Å². The average molecular weight is 244 g/mol. The number of hydrogen-bond acceptors (Lipinski definition) is 1. The van der Waals surface area contributed by atoms with E-state index in [4.69, 9.17) is 0 Å². The van der Waals surface area contributed by atoms with Gasteiger partial charge in [-0.05, 0) is 24.6 Å². The van der Waals surface area contributed by atoms with Crippen molar-refractivity contribution in [1.29, 1.82) is 0 Å². The fraction of sp³-hybridized carbons (Fsp3) is 0.200. The molecule has 0 spiro atoms. The molecule has 70 valence electrons. The van der Waals surface area contributed by atoms with Crippen LogP contribution in [0.2, 0.25) is 0 Å². The number of hydrogen-bond donors (Lipinski definition) is 1. The lowest BCUT2D eigenvalue weighted by molar-refractivity contribution is 0.628. The van der Waals surface area contributed by atoms with Gasteiger partial charge in [0.25, 0.3) is 0 Å². The van der Waals surface area contributed by atoms with Crippen molar-refractivity contribution in [2.45, 2.75) is 6.92 Å². The zero-order chi connectivity index (χ0) is 9.84. The van der Waals surface area contributed by atoms with Gasteiger partial charge >= 0.3 is 0 Å². The summed E-state index contributed by atoms with van der Waals surface area (Å²) in [6.07, 6.45) is 0. The molecule has 0 aliphatic carbocycles. The summed E-state index contributed by atoms with van der Waals surface area (Å²) in [5.41, 5.74) is 1.83. The van der Waals surface area contributed by atoms with E-state index in [1.807, 2.05) is 6.92 Å². The van der Waals surface area contributed by atoms with Crippen LogP contribution >= 0.6 is 15.9 Å². The first-order valence-corrected chi connectivity index (χ1v) is 4.72. The fourth-order valence-corrected chi connectivity index (χ4v) is 1.12. The van der Waals surface area contributed by atoms with Crippen molar-refractivity contribution >= 4 is 21.6 Å². The van der Waals surface area contributed by atoms with Crippen LogP contribution in [0.3, 0.4) is 0 Å². The Morgan fingerprint density at radius 1 is 1.62 bits per heavy atom. The van der Waals surface area contributed by atoms with Gasteiger partial charge in [-0.15, -0.1) is 0 Å². The van der Waals surface area contributed by atoms with Gasteiger partial charge in [-0.1, -0.05) is 28.6 Å². The standard InChI is InChI=1S/C10H11BrFN/c1-7-3-4-9(12)5-10(7)13-6-8(2)11/h3-5,13H,2,6H2,1H3. The predicted octanol–water partition coefficient (Wildman–Crippen LogP) is 3.45. The molecule has 0 aromatic heterocycles. The Balaban J connectivity index is 2.75. The van der Waals surface area contributed by atoms with Gasteiger partial charge in [0, 0.05) is 16.7 Å². The van der Waals surface area contributed by atoms with Crippen LogP contribution in [0, 0.1) is 12.7 Å². The first-order chi connectivity index (χ1) is 6.09. The molecule has 0 radical (unpaired) electrons. The minimum Gasteiger partial charge on any atom is -0.380 e. The molecular weight excluding hydrogens is 233 g/mol. The maximum Gasteiger partial charge on any atom is 0.125 e. The smallest absolute Gasteiger partial charge is 0.125 e. The van der Waals surface area contributed by atoms with Gasteiger partial charge < -0.3 is 5.32 Å². The Bertz CT molecular complexity index is 323. The van der Waals surface area contributed by atoms with Gasteiger partial charge in [0.1, 0.15) is 5.82 Å². The fourth-order valence-electron chi connectivity index (χ4n) is 0.976. The van der Waals surface area contributed by atoms with Gasteiger partial charge in [-0.2, -0.15) is 0 Å². The van der Waals surface area contributed by atoms with Gasteiger partial charge in [0.2, 0.25) is 0 Å². The molecule has 1 aromatic rings. The van der Waals surface area contributed by atoms with E-state index in [0.717, 1.165) is 15.7 Å². The second-order valence-electron chi connectivity index (χ2n) is 2.83. The summed E-state index contributed by atoms with van der Waals surface area (Å²) in [6.45, 7) is 6.21. The normalized spacial score (nSPS) is 9.77. The predicted molar refractivity (Wildman–Crippen MR) is 57.7 cm³/mol. The van der Waals surface area contributed by atoms with Crippen LogP contribution in [-0.2, 0) is 0 Å².